The van der Waals surface area contributed by atoms with E-state index in [0.717, 1.165) is 31.3 Å². The molecular weight excluding hydrogens is 280 g/mol. The molecule has 0 aromatic heterocycles. The molecule has 2 fully saturated rings. The van der Waals surface area contributed by atoms with Gasteiger partial charge in [0.1, 0.15) is 0 Å². The number of methoxy groups -OCH3 is 1. The van der Waals surface area contributed by atoms with Crippen LogP contribution in [0.4, 0.5) is 0 Å². The first-order chi connectivity index (χ1) is 10.4. The molecule has 0 aromatic carbocycles. The Kier molecular flexibility index (Phi) is 3.92. The van der Waals surface area contributed by atoms with Gasteiger partial charge in [0.05, 0.1) is 25.7 Å². The van der Waals surface area contributed by atoms with Crippen molar-refractivity contribution in [1.82, 2.24) is 0 Å². The highest BCUT2D eigenvalue weighted by atomic mass is 16.5. The lowest BCUT2D eigenvalue weighted by molar-refractivity contribution is -0.143. The minimum atomic E-state index is -0.345. The molecule has 2 aliphatic carbocycles. The summed E-state index contributed by atoms with van der Waals surface area (Å²) >= 11 is 0. The third-order valence-corrected chi connectivity index (χ3v) is 6.61. The first-order valence-electron chi connectivity index (χ1n) is 8.33. The fourth-order valence-corrected chi connectivity index (χ4v) is 5.13. The lowest BCUT2D eigenvalue weighted by atomic mass is 9.47. The summed E-state index contributed by atoms with van der Waals surface area (Å²) in [5.41, 5.74) is 0.654. The van der Waals surface area contributed by atoms with Gasteiger partial charge < -0.3 is 9.47 Å². The standard InChI is InChI=1S/C18H26O4/c1-12-9-15(19)18-11-22-10-13(18)5-4-6-14(18)17(12,2)8-7-16(20)21-3/h9,13-14H,4-8,10-11H2,1-3H3/t13-,14-,17+,18+/m0/s1. The molecule has 0 unspecified atom stereocenters. The number of ether oxygens (including phenoxy) is 2. The summed E-state index contributed by atoms with van der Waals surface area (Å²) in [7, 11) is 1.43. The Labute approximate surface area is 132 Å². The second-order valence-corrected chi connectivity index (χ2v) is 7.42. The van der Waals surface area contributed by atoms with Gasteiger partial charge in [0.15, 0.2) is 5.78 Å². The van der Waals surface area contributed by atoms with E-state index in [0.29, 0.717) is 25.6 Å². The van der Waals surface area contributed by atoms with Gasteiger partial charge in [-0.3, -0.25) is 9.59 Å². The van der Waals surface area contributed by atoms with Crippen molar-refractivity contribution in [3.63, 3.8) is 0 Å². The molecule has 0 N–H and O–H groups in total. The third kappa shape index (κ3) is 2.07. The van der Waals surface area contributed by atoms with Gasteiger partial charge in [0.2, 0.25) is 0 Å². The topological polar surface area (TPSA) is 52.6 Å². The maximum atomic E-state index is 12.9. The van der Waals surface area contributed by atoms with Crippen LogP contribution in [-0.4, -0.2) is 32.1 Å². The van der Waals surface area contributed by atoms with E-state index >= 15 is 0 Å². The van der Waals surface area contributed by atoms with E-state index in [9.17, 15) is 9.59 Å². The number of rotatable bonds is 3. The maximum Gasteiger partial charge on any atom is 0.305 e. The Bertz CT molecular complexity index is 523. The van der Waals surface area contributed by atoms with Crippen molar-refractivity contribution in [3.8, 4) is 0 Å². The quantitative estimate of drug-likeness (QED) is 0.752. The van der Waals surface area contributed by atoms with Gasteiger partial charge in [-0.15, -0.1) is 0 Å². The van der Waals surface area contributed by atoms with E-state index in [2.05, 4.69) is 6.92 Å². The van der Waals surface area contributed by atoms with Gasteiger partial charge in [0.25, 0.3) is 0 Å². The van der Waals surface area contributed by atoms with Gasteiger partial charge in [-0.2, -0.15) is 0 Å². The molecular formula is C18H26O4. The van der Waals surface area contributed by atoms with Crippen molar-refractivity contribution in [2.24, 2.45) is 22.7 Å². The first kappa shape index (κ1) is 15.7. The molecule has 3 rings (SSSR count). The number of ketones is 1. The molecule has 0 radical (unpaired) electrons. The average molecular weight is 306 g/mol. The molecule has 4 nitrogen and oxygen atoms in total. The maximum absolute atomic E-state index is 12.9. The summed E-state index contributed by atoms with van der Waals surface area (Å²) in [5, 5.41) is 0. The number of esters is 1. The van der Waals surface area contributed by atoms with E-state index in [1.165, 1.54) is 7.11 Å². The smallest absolute Gasteiger partial charge is 0.305 e. The second kappa shape index (κ2) is 5.48. The normalized spacial score (nSPS) is 40.7. The van der Waals surface area contributed by atoms with Crippen molar-refractivity contribution in [3.05, 3.63) is 11.6 Å². The molecule has 0 bridgehead atoms. The van der Waals surface area contributed by atoms with Gasteiger partial charge in [-0.25, -0.2) is 0 Å². The Hall–Kier alpha value is -1.16. The van der Waals surface area contributed by atoms with Crippen molar-refractivity contribution in [2.75, 3.05) is 20.3 Å². The van der Waals surface area contributed by atoms with Crippen LogP contribution in [0, 0.1) is 22.7 Å². The fraction of sp³-hybridized carbons (Fsp3) is 0.778. The molecule has 1 spiro atoms. The zero-order valence-corrected chi connectivity index (χ0v) is 13.8. The van der Waals surface area contributed by atoms with E-state index in [4.69, 9.17) is 9.47 Å². The van der Waals surface area contributed by atoms with Crippen LogP contribution in [0.25, 0.3) is 0 Å². The van der Waals surface area contributed by atoms with E-state index in [1.54, 1.807) is 0 Å². The largest absolute Gasteiger partial charge is 0.469 e. The highest BCUT2D eigenvalue weighted by Crippen LogP contribution is 2.61. The zero-order valence-electron chi connectivity index (χ0n) is 13.8. The molecule has 4 atom stereocenters. The van der Waals surface area contributed by atoms with Gasteiger partial charge >= 0.3 is 5.97 Å². The summed E-state index contributed by atoms with van der Waals surface area (Å²) in [6.07, 6.45) is 6.27. The summed E-state index contributed by atoms with van der Waals surface area (Å²) in [6.45, 7) is 5.53. The van der Waals surface area contributed by atoms with Crippen LogP contribution in [0.15, 0.2) is 11.6 Å². The van der Waals surface area contributed by atoms with Crippen molar-refractivity contribution >= 4 is 11.8 Å². The van der Waals surface area contributed by atoms with Gasteiger partial charge in [-0.05, 0) is 49.5 Å². The Morgan fingerprint density at radius 2 is 2.23 bits per heavy atom. The minimum absolute atomic E-state index is 0.117. The van der Waals surface area contributed by atoms with E-state index < -0.39 is 0 Å². The molecule has 1 saturated heterocycles. The summed E-state index contributed by atoms with van der Waals surface area (Å²) in [6, 6.07) is 0. The van der Waals surface area contributed by atoms with Crippen LogP contribution in [-0.2, 0) is 19.1 Å². The van der Waals surface area contributed by atoms with Gasteiger partial charge in [-0.1, -0.05) is 18.9 Å². The van der Waals surface area contributed by atoms with Crippen molar-refractivity contribution in [1.29, 1.82) is 0 Å². The molecule has 122 valence electrons. The highest BCUT2D eigenvalue weighted by Gasteiger charge is 2.62. The highest BCUT2D eigenvalue weighted by molar-refractivity contribution is 5.98. The predicted octanol–water partition coefficient (Wildman–Crippen LogP) is 2.91. The molecule has 1 heterocycles. The molecule has 0 amide bonds. The van der Waals surface area contributed by atoms with Crippen LogP contribution in [0.5, 0.6) is 0 Å². The van der Waals surface area contributed by atoms with Crippen LogP contribution in [0.3, 0.4) is 0 Å². The Morgan fingerprint density at radius 1 is 1.45 bits per heavy atom. The van der Waals surface area contributed by atoms with E-state index in [-0.39, 0.29) is 28.5 Å². The fourth-order valence-electron chi connectivity index (χ4n) is 5.13. The van der Waals surface area contributed by atoms with Crippen LogP contribution in [0.2, 0.25) is 0 Å². The summed E-state index contributed by atoms with van der Waals surface area (Å²) < 4.78 is 10.6. The molecule has 1 aliphatic heterocycles. The number of carbonyl (C=O) groups is 2. The zero-order chi connectivity index (χ0) is 16.0. The Balaban J connectivity index is 1.97. The van der Waals surface area contributed by atoms with Gasteiger partial charge in [0, 0.05) is 6.42 Å². The second-order valence-electron chi connectivity index (χ2n) is 7.42. The number of allylic oxidation sites excluding steroid dienone is 2. The molecule has 3 aliphatic rings. The van der Waals surface area contributed by atoms with Crippen molar-refractivity contribution in [2.45, 2.75) is 46.0 Å². The third-order valence-electron chi connectivity index (χ3n) is 6.61. The monoisotopic (exact) mass is 306 g/mol. The number of hydrogen-bond donors (Lipinski definition) is 0. The summed E-state index contributed by atoms with van der Waals surface area (Å²) in [4.78, 5) is 24.5. The molecule has 0 aromatic rings. The SMILES string of the molecule is COC(=O)CC[C@]1(C)C(C)=CC(=O)[C@]23COC[C@@H]2CCC[C@H]31. The minimum Gasteiger partial charge on any atom is -0.469 e. The van der Waals surface area contributed by atoms with Crippen LogP contribution < -0.4 is 0 Å². The first-order valence-corrected chi connectivity index (χ1v) is 8.33. The average Bonchev–Trinajstić information content (AvgIpc) is 2.95. The molecule has 4 heteroatoms. The lowest BCUT2D eigenvalue weighted by Crippen LogP contribution is -2.55. The Morgan fingerprint density at radius 3 is 2.95 bits per heavy atom. The molecule has 22 heavy (non-hydrogen) atoms. The van der Waals surface area contributed by atoms with Crippen LogP contribution >= 0.6 is 0 Å². The lowest BCUT2D eigenvalue weighted by Gasteiger charge is -2.54. The summed E-state index contributed by atoms with van der Waals surface area (Å²) in [5.74, 6) is 0.715. The van der Waals surface area contributed by atoms with Crippen LogP contribution in [0.1, 0.15) is 46.0 Å². The predicted molar refractivity (Wildman–Crippen MR) is 82.2 cm³/mol. The van der Waals surface area contributed by atoms with Crippen molar-refractivity contribution < 1.29 is 19.1 Å². The van der Waals surface area contributed by atoms with E-state index in [1.807, 2.05) is 13.0 Å². The molecule has 1 saturated carbocycles. The number of hydrogen-bond acceptors (Lipinski definition) is 4. The number of carbonyl (C=O) groups excluding carboxylic acids is 2.